The van der Waals surface area contributed by atoms with Crippen molar-refractivity contribution in [3.8, 4) is 0 Å². The maximum absolute atomic E-state index is 12.4. The molecule has 1 N–H and O–H groups in total. The second kappa shape index (κ2) is 8.84. The van der Waals surface area contributed by atoms with Crippen molar-refractivity contribution in [2.45, 2.75) is 12.8 Å². The van der Waals surface area contributed by atoms with E-state index in [0.717, 1.165) is 49.7 Å². The van der Waals surface area contributed by atoms with Crippen molar-refractivity contribution in [1.82, 2.24) is 0 Å². The van der Waals surface area contributed by atoms with Crippen molar-refractivity contribution in [3.63, 3.8) is 0 Å². The Morgan fingerprint density at radius 2 is 1.57 bits per heavy atom. The van der Waals surface area contributed by atoms with Crippen molar-refractivity contribution in [2.75, 3.05) is 54.5 Å². The van der Waals surface area contributed by atoms with Crippen LogP contribution in [0, 0.1) is 5.92 Å². The van der Waals surface area contributed by atoms with Gasteiger partial charge in [0.05, 0.1) is 0 Å². The third-order valence-corrected chi connectivity index (χ3v) is 5.78. The molecule has 4 rings (SSSR count). The van der Waals surface area contributed by atoms with Gasteiger partial charge in [0.2, 0.25) is 5.91 Å². The number of nitrogens with one attached hydrogen (secondary N) is 1. The number of anilines is 3. The molecule has 2 aliphatic heterocycles. The third kappa shape index (κ3) is 4.59. The topological polar surface area (TPSA) is 44.8 Å². The molecule has 5 nitrogen and oxygen atoms in total. The fraction of sp³-hybridized carbons (Fsp3) is 0.409. The standard InChI is InChI=1S/C22H26ClN3O2/c23-18-2-1-3-21(16-18)26-12-10-25(11-13-26)20-6-4-19(5-7-20)24-22(27)17-8-14-28-15-9-17/h1-7,16-17H,8-15H2,(H,24,27). The Morgan fingerprint density at radius 1 is 0.929 bits per heavy atom. The Bertz CT molecular complexity index is 798. The first kappa shape index (κ1) is 19.1. The van der Waals surface area contributed by atoms with E-state index in [2.05, 4.69) is 33.3 Å². The number of piperazine rings is 1. The summed E-state index contributed by atoms with van der Waals surface area (Å²) in [4.78, 5) is 17.1. The van der Waals surface area contributed by atoms with Gasteiger partial charge in [0.15, 0.2) is 0 Å². The minimum Gasteiger partial charge on any atom is -0.381 e. The highest BCUT2D eigenvalue weighted by atomic mass is 35.5. The van der Waals surface area contributed by atoms with Gasteiger partial charge in [-0.2, -0.15) is 0 Å². The van der Waals surface area contributed by atoms with Gasteiger partial charge in [0.25, 0.3) is 0 Å². The average molecular weight is 400 g/mol. The number of halogens is 1. The number of rotatable bonds is 4. The van der Waals surface area contributed by atoms with Crippen LogP contribution >= 0.6 is 11.6 Å². The first-order valence-electron chi connectivity index (χ1n) is 9.93. The number of benzene rings is 2. The largest absolute Gasteiger partial charge is 0.381 e. The Kier molecular flexibility index (Phi) is 6.03. The summed E-state index contributed by atoms with van der Waals surface area (Å²) in [7, 11) is 0. The van der Waals surface area contributed by atoms with Crippen LogP contribution in [0.25, 0.3) is 0 Å². The summed E-state index contributed by atoms with van der Waals surface area (Å²) in [5.74, 6) is 0.166. The molecule has 0 aliphatic carbocycles. The molecule has 0 unspecified atom stereocenters. The van der Waals surface area contributed by atoms with Crippen LogP contribution in [0.4, 0.5) is 17.1 Å². The van der Waals surface area contributed by atoms with Gasteiger partial charge in [-0.3, -0.25) is 4.79 Å². The molecule has 0 bridgehead atoms. The number of ether oxygens (including phenoxy) is 1. The van der Waals surface area contributed by atoms with Crippen LogP contribution in [0.2, 0.25) is 5.02 Å². The van der Waals surface area contributed by atoms with Gasteiger partial charge in [0, 0.05) is 67.4 Å². The summed E-state index contributed by atoms with van der Waals surface area (Å²) in [6.07, 6.45) is 1.61. The number of hydrogen-bond donors (Lipinski definition) is 1. The van der Waals surface area contributed by atoms with E-state index in [1.807, 2.05) is 30.3 Å². The number of carbonyl (C=O) groups excluding carboxylic acids is 1. The lowest BCUT2D eigenvalue weighted by atomic mass is 9.99. The molecule has 2 fully saturated rings. The first-order chi connectivity index (χ1) is 13.7. The quantitative estimate of drug-likeness (QED) is 0.843. The molecule has 0 radical (unpaired) electrons. The maximum atomic E-state index is 12.4. The molecular weight excluding hydrogens is 374 g/mol. The second-order valence-corrected chi connectivity index (χ2v) is 7.81. The number of nitrogens with zero attached hydrogens (tertiary/aromatic N) is 2. The number of carbonyl (C=O) groups is 1. The molecule has 2 aromatic carbocycles. The fourth-order valence-corrected chi connectivity index (χ4v) is 4.04. The van der Waals surface area contributed by atoms with Gasteiger partial charge in [-0.1, -0.05) is 17.7 Å². The van der Waals surface area contributed by atoms with Crippen LogP contribution in [-0.4, -0.2) is 45.3 Å². The van der Waals surface area contributed by atoms with Crippen molar-refractivity contribution in [3.05, 3.63) is 53.6 Å². The van der Waals surface area contributed by atoms with Gasteiger partial charge in [-0.15, -0.1) is 0 Å². The molecule has 0 atom stereocenters. The minimum atomic E-state index is 0.0630. The zero-order chi connectivity index (χ0) is 19.3. The van der Waals surface area contributed by atoms with Gasteiger partial charge in [-0.25, -0.2) is 0 Å². The van der Waals surface area contributed by atoms with Gasteiger partial charge >= 0.3 is 0 Å². The van der Waals surface area contributed by atoms with E-state index in [1.165, 1.54) is 11.4 Å². The van der Waals surface area contributed by atoms with E-state index in [9.17, 15) is 4.79 Å². The summed E-state index contributed by atoms with van der Waals surface area (Å²) in [6.45, 7) is 5.20. The van der Waals surface area contributed by atoms with Crippen LogP contribution in [0.3, 0.4) is 0 Å². The molecule has 2 saturated heterocycles. The Labute approximate surface area is 171 Å². The van der Waals surface area contributed by atoms with E-state index < -0.39 is 0 Å². The lowest BCUT2D eigenvalue weighted by Crippen LogP contribution is -2.46. The summed E-state index contributed by atoms with van der Waals surface area (Å²) >= 11 is 6.12. The molecule has 28 heavy (non-hydrogen) atoms. The second-order valence-electron chi connectivity index (χ2n) is 7.38. The van der Waals surface area contributed by atoms with E-state index in [0.29, 0.717) is 13.2 Å². The van der Waals surface area contributed by atoms with Crippen molar-refractivity contribution >= 4 is 34.6 Å². The lowest BCUT2D eigenvalue weighted by Gasteiger charge is -2.37. The Morgan fingerprint density at radius 3 is 2.21 bits per heavy atom. The smallest absolute Gasteiger partial charge is 0.227 e. The average Bonchev–Trinajstić information content (AvgIpc) is 2.75. The zero-order valence-electron chi connectivity index (χ0n) is 15.9. The Hall–Kier alpha value is -2.24. The van der Waals surface area contributed by atoms with Crippen LogP contribution in [0.1, 0.15) is 12.8 Å². The minimum absolute atomic E-state index is 0.0630. The summed E-state index contributed by atoms with van der Waals surface area (Å²) in [6, 6.07) is 16.2. The molecule has 2 aliphatic rings. The molecule has 0 spiro atoms. The van der Waals surface area contributed by atoms with Crippen molar-refractivity contribution < 1.29 is 9.53 Å². The summed E-state index contributed by atoms with van der Waals surface area (Å²) < 4.78 is 5.33. The normalized spacial score (nSPS) is 18.2. The molecule has 0 saturated carbocycles. The predicted molar refractivity (Wildman–Crippen MR) is 114 cm³/mol. The Balaban J connectivity index is 1.31. The molecule has 2 heterocycles. The summed E-state index contributed by atoms with van der Waals surface area (Å²) in [5.41, 5.74) is 3.23. The van der Waals surface area contributed by atoms with Gasteiger partial charge in [-0.05, 0) is 55.3 Å². The number of amides is 1. The van der Waals surface area contributed by atoms with Crippen molar-refractivity contribution in [1.29, 1.82) is 0 Å². The van der Waals surface area contributed by atoms with Crippen molar-refractivity contribution in [2.24, 2.45) is 5.92 Å². The van der Waals surface area contributed by atoms with Gasteiger partial charge in [0.1, 0.15) is 0 Å². The highest BCUT2D eigenvalue weighted by Gasteiger charge is 2.22. The van der Waals surface area contributed by atoms with E-state index in [4.69, 9.17) is 16.3 Å². The van der Waals surface area contributed by atoms with E-state index in [-0.39, 0.29) is 11.8 Å². The highest BCUT2D eigenvalue weighted by Crippen LogP contribution is 2.24. The third-order valence-electron chi connectivity index (χ3n) is 5.55. The molecule has 148 valence electrons. The van der Waals surface area contributed by atoms with Crippen LogP contribution in [0.5, 0.6) is 0 Å². The van der Waals surface area contributed by atoms with Crippen LogP contribution in [-0.2, 0) is 9.53 Å². The molecule has 0 aromatic heterocycles. The maximum Gasteiger partial charge on any atom is 0.227 e. The summed E-state index contributed by atoms with van der Waals surface area (Å²) in [5, 5.41) is 3.82. The van der Waals surface area contributed by atoms with Gasteiger partial charge < -0.3 is 19.9 Å². The fourth-order valence-electron chi connectivity index (χ4n) is 3.86. The predicted octanol–water partition coefficient (Wildman–Crippen LogP) is 4.03. The zero-order valence-corrected chi connectivity index (χ0v) is 16.7. The molecule has 6 heteroatoms. The molecule has 2 aromatic rings. The molecule has 1 amide bonds. The lowest BCUT2D eigenvalue weighted by molar-refractivity contribution is -0.122. The first-order valence-corrected chi connectivity index (χ1v) is 10.3. The van der Waals surface area contributed by atoms with E-state index >= 15 is 0 Å². The SMILES string of the molecule is O=C(Nc1ccc(N2CCN(c3cccc(Cl)c3)CC2)cc1)C1CCOCC1. The molecular formula is C22H26ClN3O2. The van der Waals surface area contributed by atoms with Crippen LogP contribution in [0.15, 0.2) is 48.5 Å². The van der Waals surface area contributed by atoms with E-state index in [1.54, 1.807) is 0 Å². The van der Waals surface area contributed by atoms with Crippen LogP contribution < -0.4 is 15.1 Å². The number of hydrogen-bond acceptors (Lipinski definition) is 4. The monoisotopic (exact) mass is 399 g/mol. The highest BCUT2D eigenvalue weighted by molar-refractivity contribution is 6.30.